The van der Waals surface area contributed by atoms with Crippen LogP contribution in [0.1, 0.15) is 52.7 Å². The number of hydrogen-bond donors (Lipinski definition) is 0. The van der Waals surface area contributed by atoms with Crippen LogP contribution in [0.4, 0.5) is 0 Å². The van der Waals surface area contributed by atoms with Crippen molar-refractivity contribution in [3.05, 3.63) is 72.8 Å². The van der Waals surface area contributed by atoms with Crippen LogP contribution in [0.25, 0.3) is 0 Å². The van der Waals surface area contributed by atoms with Gasteiger partial charge in [-0.3, -0.25) is 0 Å². The molecule has 0 saturated heterocycles. The number of esters is 2. The van der Waals surface area contributed by atoms with Crippen LogP contribution in [0.2, 0.25) is 0 Å². The monoisotopic (exact) mass is 512 g/mol. The van der Waals surface area contributed by atoms with Gasteiger partial charge in [0.05, 0.1) is 13.2 Å². The molecule has 0 aliphatic heterocycles. The Morgan fingerprint density at radius 2 is 1.16 bits per heavy atom. The fourth-order valence-corrected chi connectivity index (χ4v) is 3.72. The number of benzene rings is 2. The van der Waals surface area contributed by atoms with E-state index in [1.807, 2.05) is 52.0 Å². The van der Waals surface area contributed by atoms with Gasteiger partial charge < -0.3 is 28.4 Å². The number of rotatable bonds is 14. The lowest BCUT2D eigenvalue weighted by atomic mass is 9.77. The Balaban J connectivity index is 2.57. The number of carbonyl (C=O) groups is 2. The van der Waals surface area contributed by atoms with Gasteiger partial charge in [0.1, 0.15) is 23.0 Å². The van der Waals surface area contributed by atoms with Gasteiger partial charge in [-0.15, -0.1) is 0 Å². The molecule has 0 fully saturated rings. The van der Waals surface area contributed by atoms with E-state index in [1.54, 1.807) is 26.0 Å². The fourth-order valence-electron chi connectivity index (χ4n) is 3.72. The predicted octanol–water partition coefficient (Wildman–Crippen LogP) is 5.72. The SMILES string of the molecule is C=CC(=O)OC(C)Oc1cc(OCC)ccc1C(C)(C)c1ccc(OCC)cc1OC(C)OC(=O)C=C. The average molecular weight is 513 g/mol. The van der Waals surface area contributed by atoms with Crippen LogP contribution in [0.15, 0.2) is 61.7 Å². The van der Waals surface area contributed by atoms with E-state index in [-0.39, 0.29) is 0 Å². The molecule has 2 rings (SSSR count). The maximum Gasteiger partial charge on any atom is 0.333 e. The Kier molecular flexibility index (Phi) is 10.6. The fraction of sp³-hybridized carbons (Fsp3) is 0.379. The lowest BCUT2D eigenvalue weighted by Crippen LogP contribution is -2.26. The molecular formula is C29H36O8. The maximum atomic E-state index is 11.7. The zero-order chi connectivity index (χ0) is 27.6. The van der Waals surface area contributed by atoms with Crippen LogP contribution < -0.4 is 18.9 Å². The van der Waals surface area contributed by atoms with Crippen molar-refractivity contribution in [2.45, 2.75) is 59.5 Å². The molecule has 0 aliphatic rings. The van der Waals surface area contributed by atoms with Crippen molar-refractivity contribution in [2.24, 2.45) is 0 Å². The summed E-state index contributed by atoms with van der Waals surface area (Å²) in [6.07, 6.45) is 0.383. The first kappa shape index (κ1) is 29.3. The molecule has 8 nitrogen and oxygen atoms in total. The van der Waals surface area contributed by atoms with Gasteiger partial charge >= 0.3 is 11.9 Å². The molecule has 0 N–H and O–H groups in total. The molecule has 37 heavy (non-hydrogen) atoms. The summed E-state index contributed by atoms with van der Waals surface area (Å²) < 4.78 is 33.9. The third-order valence-electron chi connectivity index (χ3n) is 5.36. The smallest absolute Gasteiger partial charge is 0.333 e. The summed E-state index contributed by atoms with van der Waals surface area (Å²) >= 11 is 0. The first-order chi connectivity index (χ1) is 17.5. The molecule has 2 aromatic rings. The molecule has 0 amide bonds. The van der Waals surface area contributed by atoms with E-state index in [0.29, 0.717) is 36.2 Å². The van der Waals surface area contributed by atoms with Gasteiger partial charge in [-0.1, -0.05) is 39.1 Å². The van der Waals surface area contributed by atoms with Crippen molar-refractivity contribution in [1.82, 2.24) is 0 Å². The van der Waals surface area contributed by atoms with Crippen molar-refractivity contribution in [1.29, 1.82) is 0 Å². The summed E-state index contributed by atoms with van der Waals surface area (Å²) in [4.78, 5) is 23.4. The van der Waals surface area contributed by atoms with Gasteiger partial charge in [0.15, 0.2) is 0 Å². The van der Waals surface area contributed by atoms with E-state index in [0.717, 1.165) is 23.3 Å². The third kappa shape index (κ3) is 8.03. The van der Waals surface area contributed by atoms with E-state index < -0.39 is 29.9 Å². The molecule has 0 aromatic heterocycles. The molecule has 0 heterocycles. The minimum atomic E-state index is -0.883. The summed E-state index contributed by atoms with van der Waals surface area (Å²) in [5, 5.41) is 0. The van der Waals surface area contributed by atoms with E-state index in [4.69, 9.17) is 28.4 Å². The van der Waals surface area contributed by atoms with Gasteiger partial charge in [-0.05, 0) is 26.0 Å². The minimum Gasteiger partial charge on any atom is -0.494 e. The molecule has 8 heteroatoms. The van der Waals surface area contributed by atoms with E-state index in [2.05, 4.69) is 13.2 Å². The highest BCUT2D eigenvalue weighted by Crippen LogP contribution is 2.44. The summed E-state index contributed by atoms with van der Waals surface area (Å²) in [5.41, 5.74) is 0.870. The lowest BCUT2D eigenvalue weighted by molar-refractivity contribution is -0.156. The predicted molar refractivity (Wildman–Crippen MR) is 140 cm³/mol. The van der Waals surface area contributed by atoms with Gasteiger partial charge in [-0.2, -0.15) is 0 Å². The highest BCUT2D eigenvalue weighted by atomic mass is 16.7. The normalized spacial score (nSPS) is 12.5. The van der Waals surface area contributed by atoms with E-state index in [9.17, 15) is 9.59 Å². The molecule has 2 aromatic carbocycles. The second kappa shape index (κ2) is 13.4. The maximum absolute atomic E-state index is 11.7. The number of ether oxygens (including phenoxy) is 6. The van der Waals surface area contributed by atoms with Gasteiger partial charge in [0, 0.05) is 54.7 Å². The van der Waals surface area contributed by atoms with Crippen molar-refractivity contribution >= 4 is 11.9 Å². The largest absolute Gasteiger partial charge is 0.494 e. The lowest BCUT2D eigenvalue weighted by Gasteiger charge is -2.31. The Morgan fingerprint density at radius 1 is 0.784 bits per heavy atom. The standard InChI is InChI=1S/C29H36O8/c1-9-27(30)36-19(5)34-25-17-21(32-11-3)13-15-23(25)29(7,8)24-16-14-22(33-12-4)18-26(24)35-20(6)37-28(31)10-2/h9-10,13-20H,1-2,11-12H2,3-8H3. The van der Waals surface area contributed by atoms with Crippen molar-refractivity contribution in [3.8, 4) is 23.0 Å². The number of hydrogen-bond acceptors (Lipinski definition) is 8. The first-order valence-corrected chi connectivity index (χ1v) is 12.1. The minimum absolute atomic E-state index is 0.464. The highest BCUT2D eigenvalue weighted by molar-refractivity contribution is 5.81. The molecule has 0 radical (unpaired) electrons. The molecule has 0 aliphatic carbocycles. The molecule has 0 bridgehead atoms. The van der Waals surface area contributed by atoms with Crippen LogP contribution in [0, 0.1) is 0 Å². The molecule has 0 spiro atoms. The summed E-state index contributed by atoms with van der Waals surface area (Å²) in [6.45, 7) is 18.8. The zero-order valence-corrected chi connectivity index (χ0v) is 22.4. The summed E-state index contributed by atoms with van der Waals surface area (Å²) in [5.74, 6) is 0.941. The Bertz CT molecular complexity index is 1020. The molecule has 0 saturated carbocycles. The van der Waals surface area contributed by atoms with E-state index >= 15 is 0 Å². The Labute approximate surface area is 218 Å². The molecule has 200 valence electrons. The van der Waals surface area contributed by atoms with Gasteiger partial charge in [0.2, 0.25) is 12.6 Å². The topological polar surface area (TPSA) is 89.5 Å². The average Bonchev–Trinajstić information content (AvgIpc) is 2.84. The quantitative estimate of drug-likeness (QED) is 0.180. The molecular weight excluding hydrogens is 476 g/mol. The second-order valence-electron chi connectivity index (χ2n) is 8.46. The van der Waals surface area contributed by atoms with Crippen LogP contribution >= 0.6 is 0 Å². The van der Waals surface area contributed by atoms with Crippen molar-refractivity contribution in [3.63, 3.8) is 0 Å². The second-order valence-corrected chi connectivity index (χ2v) is 8.46. The summed E-state index contributed by atoms with van der Waals surface area (Å²) in [6, 6.07) is 11.0. The van der Waals surface area contributed by atoms with E-state index in [1.165, 1.54) is 0 Å². The summed E-state index contributed by atoms with van der Waals surface area (Å²) in [7, 11) is 0. The Hall–Kier alpha value is -3.94. The highest BCUT2D eigenvalue weighted by Gasteiger charge is 2.32. The zero-order valence-electron chi connectivity index (χ0n) is 22.4. The first-order valence-electron chi connectivity index (χ1n) is 12.1. The molecule has 2 unspecified atom stereocenters. The van der Waals surface area contributed by atoms with Crippen molar-refractivity contribution in [2.75, 3.05) is 13.2 Å². The van der Waals surface area contributed by atoms with Gasteiger partial charge in [0.25, 0.3) is 0 Å². The van der Waals surface area contributed by atoms with Gasteiger partial charge in [-0.25, -0.2) is 9.59 Å². The molecule has 2 atom stereocenters. The third-order valence-corrected chi connectivity index (χ3v) is 5.36. The van der Waals surface area contributed by atoms with Crippen LogP contribution in [0.3, 0.4) is 0 Å². The number of carbonyl (C=O) groups excluding carboxylic acids is 2. The van der Waals surface area contributed by atoms with Crippen LogP contribution in [-0.4, -0.2) is 37.7 Å². The van der Waals surface area contributed by atoms with Crippen LogP contribution in [-0.2, 0) is 24.5 Å². The van der Waals surface area contributed by atoms with Crippen LogP contribution in [0.5, 0.6) is 23.0 Å². The van der Waals surface area contributed by atoms with Crippen molar-refractivity contribution < 1.29 is 38.0 Å². The Morgan fingerprint density at radius 3 is 1.49 bits per heavy atom.